The van der Waals surface area contributed by atoms with Crippen molar-refractivity contribution in [2.45, 2.75) is 0 Å². The fourth-order valence-corrected chi connectivity index (χ4v) is 1.24. The Kier molecular flexibility index (Phi) is 2.40. The van der Waals surface area contributed by atoms with Gasteiger partial charge in [-0.25, -0.2) is 0 Å². The molecule has 0 unspecified atom stereocenters. The molecule has 2 rings (SSSR count). The van der Waals surface area contributed by atoms with E-state index in [-0.39, 0.29) is 5.91 Å². The maximum Gasteiger partial charge on any atom is 0.270 e. The molecule has 0 aromatic heterocycles. The summed E-state index contributed by atoms with van der Waals surface area (Å²) < 4.78 is 0. The van der Waals surface area contributed by atoms with Gasteiger partial charge in [-0.1, -0.05) is 30.3 Å². The molecule has 1 aliphatic rings. The summed E-state index contributed by atoms with van der Waals surface area (Å²) in [4.78, 5) is 15.3. The number of benzene rings is 1. The smallest absolute Gasteiger partial charge is 0.270 e. The third-order valence-electron chi connectivity index (χ3n) is 1.92. The zero-order valence-electron chi connectivity index (χ0n) is 7.60. The molecule has 70 valence electrons. The summed E-state index contributed by atoms with van der Waals surface area (Å²) in [5.74, 6) is -0.114. The van der Waals surface area contributed by atoms with Crippen molar-refractivity contribution < 1.29 is 4.79 Å². The minimum absolute atomic E-state index is 0.114. The van der Waals surface area contributed by atoms with Crippen molar-refractivity contribution in [1.29, 1.82) is 0 Å². The van der Waals surface area contributed by atoms with Gasteiger partial charge in [0.15, 0.2) is 0 Å². The van der Waals surface area contributed by atoms with E-state index in [2.05, 4.69) is 10.3 Å². The average Bonchev–Trinajstić information content (AvgIpc) is 2.23. The van der Waals surface area contributed by atoms with Crippen LogP contribution in [-0.4, -0.2) is 18.7 Å². The lowest BCUT2D eigenvalue weighted by Crippen LogP contribution is -2.29. The van der Waals surface area contributed by atoms with Gasteiger partial charge in [0.2, 0.25) is 0 Å². The second kappa shape index (κ2) is 3.87. The van der Waals surface area contributed by atoms with Gasteiger partial charge in [-0.15, -0.1) is 0 Å². The Morgan fingerprint density at radius 2 is 2.07 bits per heavy atom. The number of amides is 1. The van der Waals surface area contributed by atoms with Gasteiger partial charge in [-0.3, -0.25) is 9.79 Å². The van der Waals surface area contributed by atoms with Crippen LogP contribution in [0, 0.1) is 0 Å². The van der Waals surface area contributed by atoms with Crippen LogP contribution in [0.3, 0.4) is 0 Å². The molecule has 3 heteroatoms. The van der Waals surface area contributed by atoms with Crippen LogP contribution in [0.25, 0.3) is 6.08 Å². The predicted octanol–water partition coefficient (Wildman–Crippen LogP) is 1.23. The van der Waals surface area contributed by atoms with Crippen molar-refractivity contribution >= 4 is 18.2 Å². The van der Waals surface area contributed by atoms with Gasteiger partial charge >= 0.3 is 0 Å². The zero-order valence-corrected chi connectivity index (χ0v) is 7.60. The van der Waals surface area contributed by atoms with E-state index in [0.717, 1.165) is 5.56 Å². The van der Waals surface area contributed by atoms with Crippen molar-refractivity contribution in [3.63, 3.8) is 0 Å². The van der Waals surface area contributed by atoms with Gasteiger partial charge in [0.25, 0.3) is 5.91 Å². The molecular formula is C11H10N2O. The number of nitrogens with one attached hydrogen (secondary N) is 1. The van der Waals surface area contributed by atoms with Gasteiger partial charge in [0.05, 0.1) is 6.54 Å². The van der Waals surface area contributed by atoms with Crippen LogP contribution in [0.1, 0.15) is 5.56 Å². The predicted molar refractivity (Wildman–Crippen MR) is 55.9 cm³/mol. The molecule has 14 heavy (non-hydrogen) atoms. The van der Waals surface area contributed by atoms with Crippen molar-refractivity contribution in [3.8, 4) is 0 Å². The molecule has 0 saturated carbocycles. The lowest BCUT2D eigenvalue weighted by Gasteiger charge is -2.07. The molecule has 0 saturated heterocycles. The molecule has 0 fully saturated rings. The van der Waals surface area contributed by atoms with E-state index >= 15 is 0 Å². The number of carbonyl (C=O) groups is 1. The van der Waals surface area contributed by atoms with Crippen molar-refractivity contribution in [2.75, 3.05) is 6.54 Å². The normalized spacial score (nSPS) is 18.3. The van der Waals surface area contributed by atoms with Gasteiger partial charge in [-0.2, -0.15) is 0 Å². The Bertz CT molecular complexity index is 393. The van der Waals surface area contributed by atoms with E-state index in [1.54, 1.807) is 12.3 Å². The molecule has 1 aromatic rings. The van der Waals surface area contributed by atoms with Crippen molar-refractivity contribution in [3.05, 3.63) is 41.6 Å². The fourth-order valence-electron chi connectivity index (χ4n) is 1.24. The Balaban J connectivity index is 2.30. The Morgan fingerprint density at radius 3 is 2.79 bits per heavy atom. The van der Waals surface area contributed by atoms with Gasteiger partial charge in [0, 0.05) is 6.21 Å². The van der Waals surface area contributed by atoms with Gasteiger partial charge < -0.3 is 5.32 Å². The maximum absolute atomic E-state index is 11.3. The second-order valence-corrected chi connectivity index (χ2v) is 2.96. The zero-order chi connectivity index (χ0) is 9.80. The maximum atomic E-state index is 11.3. The summed E-state index contributed by atoms with van der Waals surface area (Å²) >= 11 is 0. The van der Waals surface area contributed by atoms with Crippen molar-refractivity contribution in [2.24, 2.45) is 4.99 Å². The molecule has 1 N–H and O–H groups in total. The molecule has 1 aliphatic heterocycles. The van der Waals surface area contributed by atoms with E-state index in [0.29, 0.717) is 12.2 Å². The first-order valence-corrected chi connectivity index (χ1v) is 4.44. The van der Waals surface area contributed by atoms with E-state index in [4.69, 9.17) is 0 Å². The largest absolute Gasteiger partial charge is 0.346 e. The van der Waals surface area contributed by atoms with Crippen LogP contribution in [0.15, 0.2) is 41.0 Å². The van der Waals surface area contributed by atoms with E-state index in [1.165, 1.54) is 0 Å². The molecule has 1 amide bonds. The summed E-state index contributed by atoms with van der Waals surface area (Å²) in [5.41, 5.74) is 1.44. The second-order valence-electron chi connectivity index (χ2n) is 2.96. The van der Waals surface area contributed by atoms with Crippen LogP contribution >= 0.6 is 0 Å². The molecule has 1 heterocycles. The number of carbonyl (C=O) groups excluding carboxylic acids is 1. The third kappa shape index (κ3) is 1.88. The molecule has 3 nitrogen and oxygen atoms in total. The standard InChI is InChI=1S/C11H10N2O/c14-11-10(12-6-7-13-11)8-9-4-2-1-3-5-9/h1-6,8H,7H2,(H,13,14)/b10-8+. The number of aliphatic imine (C=N–C) groups is 1. The van der Waals surface area contributed by atoms with Crippen LogP contribution < -0.4 is 5.32 Å². The molecule has 0 spiro atoms. The Hall–Kier alpha value is -1.90. The SMILES string of the molecule is O=C1NCC=N/C1=C/c1ccccc1. The quantitative estimate of drug-likeness (QED) is 0.658. The first-order valence-electron chi connectivity index (χ1n) is 4.44. The monoisotopic (exact) mass is 186 g/mol. The highest BCUT2D eigenvalue weighted by Crippen LogP contribution is 2.08. The van der Waals surface area contributed by atoms with Crippen LogP contribution in [0.2, 0.25) is 0 Å². The highest BCUT2D eigenvalue weighted by molar-refractivity contribution is 6.01. The summed E-state index contributed by atoms with van der Waals surface area (Å²) in [6, 6.07) is 9.66. The summed E-state index contributed by atoms with van der Waals surface area (Å²) in [6.07, 6.45) is 3.46. The number of hydrogen-bond donors (Lipinski definition) is 1. The lowest BCUT2D eigenvalue weighted by atomic mass is 10.2. The van der Waals surface area contributed by atoms with E-state index < -0.39 is 0 Å². The third-order valence-corrected chi connectivity index (χ3v) is 1.92. The Labute approximate surface area is 82.2 Å². The highest BCUT2D eigenvalue weighted by Gasteiger charge is 2.09. The molecule has 1 aromatic carbocycles. The number of rotatable bonds is 1. The molecular weight excluding hydrogens is 176 g/mol. The minimum atomic E-state index is -0.114. The summed E-state index contributed by atoms with van der Waals surface area (Å²) in [5, 5.41) is 2.70. The fraction of sp³-hybridized carbons (Fsp3) is 0.0909. The van der Waals surface area contributed by atoms with E-state index in [1.807, 2.05) is 30.3 Å². The average molecular weight is 186 g/mol. The van der Waals surface area contributed by atoms with Crippen LogP contribution in [0.5, 0.6) is 0 Å². The van der Waals surface area contributed by atoms with Crippen LogP contribution in [0.4, 0.5) is 0 Å². The topological polar surface area (TPSA) is 41.5 Å². The summed E-state index contributed by atoms with van der Waals surface area (Å²) in [6.45, 7) is 0.519. The Morgan fingerprint density at radius 1 is 1.29 bits per heavy atom. The highest BCUT2D eigenvalue weighted by atomic mass is 16.2. The molecule has 0 aliphatic carbocycles. The van der Waals surface area contributed by atoms with E-state index in [9.17, 15) is 4.79 Å². The minimum Gasteiger partial charge on any atom is -0.346 e. The first kappa shape index (κ1) is 8.69. The molecule has 0 atom stereocenters. The lowest BCUT2D eigenvalue weighted by molar-refractivity contribution is -0.117. The molecule has 0 bridgehead atoms. The van der Waals surface area contributed by atoms with Crippen LogP contribution in [-0.2, 0) is 4.79 Å². The van der Waals surface area contributed by atoms with Gasteiger partial charge in [0.1, 0.15) is 5.70 Å². The number of hydrogen-bond acceptors (Lipinski definition) is 2. The number of nitrogens with zero attached hydrogens (tertiary/aromatic N) is 1. The summed E-state index contributed by atoms with van der Waals surface area (Å²) in [7, 11) is 0. The first-order chi connectivity index (χ1) is 6.86. The molecule has 0 radical (unpaired) electrons. The van der Waals surface area contributed by atoms with Crippen molar-refractivity contribution in [1.82, 2.24) is 5.32 Å². The van der Waals surface area contributed by atoms with Gasteiger partial charge in [-0.05, 0) is 11.6 Å².